The van der Waals surface area contributed by atoms with Crippen LogP contribution in [0.5, 0.6) is 0 Å². The second-order valence-electron chi connectivity index (χ2n) is 4.38. The largest absolute Gasteiger partial charge is 0.349 e. The van der Waals surface area contributed by atoms with Crippen molar-refractivity contribution >= 4 is 5.91 Å². The highest BCUT2D eigenvalue weighted by Crippen LogP contribution is 2.05. The monoisotopic (exact) mass is 259 g/mol. The number of hydrogen-bond donors (Lipinski definition) is 2. The topological polar surface area (TPSA) is 85.8 Å². The highest BCUT2D eigenvalue weighted by atomic mass is 16.1. The summed E-state index contributed by atoms with van der Waals surface area (Å²) in [5.41, 5.74) is 8.31. The SMILES string of the molecule is Cc1cccc(Cn2cc(CNC(=O)CN)nn2)c1. The number of benzene rings is 1. The Morgan fingerprint density at radius 3 is 3.05 bits per heavy atom. The van der Waals surface area contributed by atoms with Crippen LogP contribution in [-0.4, -0.2) is 27.4 Å². The summed E-state index contributed by atoms with van der Waals surface area (Å²) in [6.07, 6.45) is 1.82. The van der Waals surface area contributed by atoms with Gasteiger partial charge in [-0.2, -0.15) is 0 Å². The van der Waals surface area contributed by atoms with Crippen LogP contribution in [0.3, 0.4) is 0 Å². The van der Waals surface area contributed by atoms with Crippen molar-refractivity contribution in [2.24, 2.45) is 5.73 Å². The van der Waals surface area contributed by atoms with Crippen LogP contribution < -0.4 is 11.1 Å². The summed E-state index contributed by atoms with van der Waals surface area (Å²) in [4.78, 5) is 11.0. The van der Waals surface area contributed by atoms with Crippen LogP contribution in [0.15, 0.2) is 30.5 Å². The fraction of sp³-hybridized carbons (Fsp3) is 0.308. The Labute approximate surface area is 111 Å². The minimum Gasteiger partial charge on any atom is -0.349 e. The van der Waals surface area contributed by atoms with Crippen molar-refractivity contribution in [2.45, 2.75) is 20.0 Å². The molecule has 0 unspecified atom stereocenters. The molecule has 6 heteroatoms. The normalized spacial score (nSPS) is 10.4. The zero-order valence-electron chi connectivity index (χ0n) is 10.8. The van der Waals surface area contributed by atoms with Crippen LogP contribution in [0.1, 0.15) is 16.8 Å². The number of aryl methyl sites for hydroxylation is 1. The average Bonchev–Trinajstić information content (AvgIpc) is 2.83. The van der Waals surface area contributed by atoms with Crippen LogP contribution >= 0.6 is 0 Å². The molecule has 0 saturated heterocycles. The highest BCUT2D eigenvalue weighted by molar-refractivity contribution is 5.77. The van der Waals surface area contributed by atoms with Crippen molar-refractivity contribution in [3.63, 3.8) is 0 Å². The Balaban J connectivity index is 1.95. The number of nitrogens with two attached hydrogens (primary N) is 1. The van der Waals surface area contributed by atoms with Crippen molar-refractivity contribution < 1.29 is 4.79 Å². The lowest BCUT2D eigenvalue weighted by molar-refractivity contribution is -0.119. The Hall–Kier alpha value is -2.21. The molecule has 0 aliphatic heterocycles. The second-order valence-corrected chi connectivity index (χ2v) is 4.38. The average molecular weight is 259 g/mol. The molecule has 19 heavy (non-hydrogen) atoms. The molecule has 1 amide bonds. The first-order valence-electron chi connectivity index (χ1n) is 6.08. The predicted molar refractivity (Wildman–Crippen MR) is 71.2 cm³/mol. The van der Waals surface area contributed by atoms with E-state index < -0.39 is 0 Å². The van der Waals surface area contributed by atoms with Gasteiger partial charge in [0, 0.05) is 0 Å². The zero-order chi connectivity index (χ0) is 13.7. The summed E-state index contributed by atoms with van der Waals surface area (Å²) >= 11 is 0. The van der Waals surface area contributed by atoms with Crippen LogP contribution in [0.4, 0.5) is 0 Å². The molecule has 1 aromatic carbocycles. The van der Waals surface area contributed by atoms with E-state index in [1.54, 1.807) is 4.68 Å². The number of aromatic nitrogens is 3. The number of carbonyl (C=O) groups is 1. The molecule has 0 radical (unpaired) electrons. The van der Waals surface area contributed by atoms with Gasteiger partial charge in [0.25, 0.3) is 0 Å². The zero-order valence-corrected chi connectivity index (χ0v) is 10.8. The Kier molecular flexibility index (Phi) is 4.25. The van der Waals surface area contributed by atoms with E-state index in [0.29, 0.717) is 13.1 Å². The van der Waals surface area contributed by atoms with Crippen molar-refractivity contribution in [1.29, 1.82) is 0 Å². The van der Waals surface area contributed by atoms with E-state index in [1.807, 2.05) is 18.3 Å². The number of nitrogens with one attached hydrogen (secondary N) is 1. The minimum absolute atomic E-state index is 0.0164. The molecule has 2 aromatic rings. The van der Waals surface area contributed by atoms with Crippen LogP contribution in [0.25, 0.3) is 0 Å². The lowest BCUT2D eigenvalue weighted by Crippen LogP contribution is -2.29. The van der Waals surface area contributed by atoms with Gasteiger partial charge in [-0.1, -0.05) is 35.0 Å². The molecule has 0 fully saturated rings. The molecular weight excluding hydrogens is 242 g/mol. The van der Waals surface area contributed by atoms with Gasteiger partial charge in [-0.05, 0) is 12.5 Å². The van der Waals surface area contributed by atoms with Gasteiger partial charge in [0.05, 0.1) is 25.8 Å². The fourth-order valence-corrected chi connectivity index (χ4v) is 1.76. The van der Waals surface area contributed by atoms with Gasteiger partial charge in [0.15, 0.2) is 0 Å². The van der Waals surface area contributed by atoms with E-state index >= 15 is 0 Å². The van der Waals surface area contributed by atoms with Gasteiger partial charge in [0.1, 0.15) is 5.69 Å². The van der Waals surface area contributed by atoms with Gasteiger partial charge >= 0.3 is 0 Å². The lowest BCUT2D eigenvalue weighted by Gasteiger charge is -2.02. The van der Waals surface area contributed by atoms with E-state index in [4.69, 9.17) is 5.73 Å². The molecule has 0 saturated carbocycles. The van der Waals surface area contributed by atoms with Gasteiger partial charge < -0.3 is 11.1 Å². The summed E-state index contributed by atoms with van der Waals surface area (Å²) in [5, 5.41) is 10.7. The first-order valence-corrected chi connectivity index (χ1v) is 6.08. The van der Waals surface area contributed by atoms with Crippen molar-refractivity contribution in [3.05, 3.63) is 47.3 Å². The maximum atomic E-state index is 11.0. The Morgan fingerprint density at radius 2 is 2.32 bits per heavy atom. The third-order valence-corrected chi connectivity index (χ3v) is 2.67. The van der Waals surface area contributed by atoms with Crippen LogP contribution in [0.2, 0.25) is 0 Å². The molecule has 3 N–H and O–H groups in total. The third-order valence-electron chi connectivity index (χ3n) is 2.67. The quantitative estimate of drug-likeness (QED) is 0.803. The molecule has 1 heterocycles. The lowest BCUT2D eigenvalue weighted by atomic mass is 10.1. The molecule has 2 rings (SSSR count). The summed E-state index contributed by atoms with van der Waals surface area (Å²) in [6.45, 7) is 3.05. The molecule has 0 bridgehead atoms. The number of carbonyl (C=O) groups excluding carboxylic acids is 1. The molecule has 6 nitrogen and oxygen atoms in total. The van der Waals surface area contributed by atoms with Gasteiger partial charge in [-0.3, -0.25) is 4.79 Å². The third kappa shape index (κ3) is 3.89. The van der Waals surface area contributed by atoms with Gasteiger partial charge in [0.2, 0.25) is 5.91 Å². The van der Waals surface area contributed by atoms with Crippen molar-refractivity contribution in [3.8, 4) is 0 Å². The van der Waals surface area contributed by atoms with Gasteiger partial charge in [-0.15, -0.1) is 5.10 Å². The molecule has 1 aromatic heterocycles. The number of amides is 1. The first-order chi connectivity index (χ1) is 9.17. The van der Waals surface area contributed by atoms with Crippen molar-refractivity contribution in [1.82, 2.24) is 20.3 Å². The maximum absolute atomic E-state index is 11.0. The summed E-state index contributed by atoms with van der Waals surface area (Å²) in [6, 6.07) is 8.23. The smallest absolute Gasteiger partial charge is 0.234 e. The van der Waals surface area contributed by atoms with Gasteiger partial charge in [-0.25, -0.2) is 4.68 Å². The van der Waals surface area contributed by atoms with E-state index in [2.05, 4.69) is 34.7 Å². The fourth-order valence-electron chi connectivity index (χ4n) is 1.76. The highest BCUT2D eigenvalue weighted by Gasteiger charge is 2.03. The molecule has 100 valence electrons. The Morgan fingerprint density at radius 1 is 1.47 bits per heavy atom. The minimum atomic E-state index is -0.201. The van der Waals surface area contributed by atoms with Crippen LogP contribution in [-0.2, 0) is 17.9 Å². The first kappa shape index (κ1) is 13.2. The molecular formula is C13H17N5O. The summed E-state index contributed by atoms with van der Waals surface area (Å²) in [5.74, 6) is -0.201. The second kappa shape index (κ2) is 6.10. The maximum Gasteiger partial charge on any atom is 0.234 e. The number of rotatable bonds is 5. The predicted octanol–water partition coefficient (Wildman–Crippen LogP) is 0.210. The van der Waals surface area contributed by atoms with E-state index in [9.17, 15) is 4.79 Å². The van der Waals surface area contributed by atoms with Crippen molar-refractivity contribution in [2.75, 3.05) is 6.54 Å². The molecule has 0 aliphatic carbocycles. The standard InChI is InChI=1S/C13H17N5O/c1-10-3-2-4-11(5-10)8-18-9-12(16-17-18)7-15-13(19)6-14/h2-5,9H,6-8,14H2,1H3,(H,15,19). The molecule has 0 atom stereocenters. The summed E-state index contributed by atoms with van der Waals surface area (Å²) < 4.78 is 1.75. The van der Waals surface area contributed by atoms with E-state index in [1.165, 1.54) is 11.1 Å². The van der Waals surface area contributed by atoms with E-state index in [-0.39, 0.29) is 12.5 Å². The molecule has 0 aliphatic rings. The Bertz CT molecular complexity index is 564. The summed E-state index contributed by atoms with van der Waals surface area (Å²) in [7, 11) is 0. The van der Waals surface area contributed by atoms with Crippen LogP contribution in [0, 0.1) is 6.92 Å². The van der Waals surface area contributed by atoms with E-state index in [0.717, 1.165) is 5.69 Å². The molecule has 0 spiro atoms. The number of nitrogens with zero attached hydrogens (tertiary/aromatic N) is 3. The number of hydrogen-bond acceptors (Lipinski definition) is 4.